The number of anilines is 1. The molecule has 0 spiro atoms. The van der Waals surface area contributed by atoms with E-state index in [1.807, 2.05) is 18.2 Å². The van der Waals surface area contributed by atoms with Gasteiger partial charge in [-0.05, 0) is 31.9 Å². The van der Waals surface area contributed by atoms with Crippen molar-refractivity contribution in [3.63, 3.8) is 0 Å². The predicted molar refractivity (Wildman–Crippen MR) is 118 cm³/mol. The molecule has 9 heteroatoms. The van der Waals surface area contributed by atoms with E-state index < -0.39 is 18.2 Å². The zero-order valence-electron chi connectivity index (χ0n) is 17.8. The van der Waals surface area contributed by atoms with E-state index in [1.54, 1.807) is 25.1 Å². The van der Waals surface area contributed by atoms with E-state index >= 15 is 0 Å². The molecule has 0 bridgehead atoms. The Balaban J connectivity index is 1.46. The quantitative estimate of drug-likeness (QED) is 0.584. The SMILES string of the molecule is CC1=Nc2cccc(NC(=O)COCC3C=CC=CC3)c2C(O)N1C1CCC(=O)NC1=O. The number of amidine groups is 1. The van der Waals surface area contributed by atoms with Crippen LogP contribution in [0.25, 0.3) is 0 Å². The van der Waals surface area contributed by atoms with E-state index in [9.17, 15) is 19.5 Å². The average molecular weight is 438 g/mol. The van der Waals surface area contributed by atoms with Gasteiger partial charge in [-0.25, -0.2) is 4.99 Å². The first-order chi connectivity index (χ1) is 15.4. The fraction of sp³-hybridized carbons (Fsp3) is 0.391. The molecule has 1 fully saturated rings. The minimum atomic E-state index is -1.21. The molecular formula is C23H26N4O5. The van der Waals surface area contributed by atoms with Gasteiger partial charge in [0.25, 0.3) is 0 Å². The largest absolute Gasteiger partial charge is 0.371 e. The van der Waals surface area contributed by atoms with Gasteiger partial charge in [0.2, 0.25) is 17.7 Å². The molecule has 3 N–H and O–H groups in total. The van der Waals surface area contributed by atoms with Crippen LogP contribution in [-0.2, 0) is 19.1 Å². The molecular weight excluding hydrogens is 412 g/mol. The summed E-state index contributed by atoms with van der Waals surface area (Å²) in [6, 6.07) is 4.41. The lowest BCUT2D eigenvalue weighted by molar-refractivity contribution is -0.139. The van der Waals surface area contributed by atoms with Crippen LogP contribution in [0.5, 0.6) is 0 Å². The first-order valence-corrected chi connectivity index (χ1v) is 10.6. The summed E-state index contributed by atoms with van der Waals surface area (Å²) in [7, 11) is 0. The van der Waals surface area contributed by atoms with Crippen LogP contribution < -0.4 is 10.6 Å². The summed E-state index contributed by atoms with van der Waals surface area (Å²) in [5.41, 5.74) is 1.31. The Labute approximate surface area is 185 Å². The van der Waals surface area contributed by atoms with Crippen LogP contribution in [0.4, 0.5) is 11.4 Å². The molecule has 0 aromatic heterocycles. The van der Waals surface area contributed by atoms with Gasteiger partial charge in [-0.1, -0.05) is 30.4 Å². The van der Waals surface area contributed by atoms with Crippen LogP contribution in [0.15, 0.2) is 47.5 Å². The number of benzene rings is 1. The Morgan fingerprint density at radius 3 is 2.94 bits per heavy atom. The van der Waals surface area contributed by atoms with Crippen molar-refractivity contribution in [1.29, 1.82) is 0 Å². The Morgan fingerprint density at radius 2 is 2.19 bits per heavy atom. The maximum Gasteiger partial charge on any atom is 0.250 e. The molecule has 32 heavy (non-hydrogen) atoms. The molecule has 4 rings (SSSR count). The number of aliphatic hydroxyl groups excluding tert-OH is 1. The van der Waals surface area contributed by atoms with Crippen molar-refractivity contribution in [3.8, 4) is 0 Å². The molecule has 1 saturated heterocycles. The lowest BCUT2D eigenvalue weighted by Crippen LogP contribution is -2.55. The number of piperidine rings is 1. The molecule has 3 unspecified atom stereocenters. The number of ether oxygens (including phenoxy) is 1. The highest BCUT2D eigenvalue weighted by molar-refractivity contribution is 6.02. The number of aliphatic hydroxyl groups is 1. The molecule has 3 amide bonds. The smallest absolute Gasteiger partial charge is 0.250 e. The van der Waals surface area contributed by atoms with E-state index in [-0.39, 0.29) is 37.2 Å². The number of nitrogens with zero attached hydrogens (tertiary/aromatic N) is 2. The van der Waals surface area contributed by atoms with E-state index in [1.165, 1.54) is 4.90 Å². The summed E-state index contributed by atoms with van der Waals surface area (Å²) in [6.45, 7) is 2.02. The fourth-order valence-electron chi connectivity index (χ4n) is 4.17. The van der Waals surface area contributed by atoms with Gasteiger partial charge in [0, 0.05) is 12.3 Å². The van der Waals surface area contributed by atoms with Gasteiger partial charge in [-0.15, -0.1) is 0 Å². The molecule has 3 aliphatic rings. The Morgan fingerprint density at radius 1 is 1.34 bits per heavy atom. The number of rotatable bonds is 6. The van der Waals surface area contributed by atoms with Gasteiger partial charge in [0.1, 0.15) is 18.5 Å². The third kappa shape index (κ3) is 4.63. The molecule has 168 valence electrons. The standard InChI is InChI=1S/C23H26N4O5/c1-14-24-16-8-5-9-17(25-20(29)13-32-12-15-6-3-2-4-7-15)21(16)23(31)27(14)18-10-11-19(28)26-22(18)30/h2-6,8-9,15,18,23,31H,7,10-13H2,1H3,(H,25,29)(H,26,28,30). The Kier molecular flexibility index (Phi) is 6.48. The van der Waals surface area contributed by atoms with E-state index in [0.717, 1.165) is 6.42 Å². The van der Waals surface area contributed by atoms with Gasteiger partial charge in [-0.2, -0.15) is 0 Å². The average Bonchev–Trinajstić information content (AvgIpc) is 2.76. The number of fused-ring (bicyclic) bond motifs is 1. The zero-order valence-corrected chi connectivity index (χ0v) is 17.8. The maximum atomic E-state index is 12.5. The molecule has 3 atom stereocenters. The molecule has 9 nitrogen and oxygen atoms in total. The third-order valence-electron chi connectivity index (χ3n) is 5.72. The highest BCUT2D eigenvalue weighted by atomic mass is 16.5. The Bertz CT molecular complexity index is 1020. The number of carbonyl (C=O) groups is 3. The fourth-order valence-corrected chi connectivity index (χ4v) is 4.17. The minimum absolute atomic E-state index is 0.118. The summed E-state index contributed by atoms with van der Waals surface area (Å²) >= 11 is 0. The second-order valence-electron chi connectivity index (χ2n) is 8.02. The van der Waals surface area contributed by atoms with Crippen molar-refractivity contribution in [1.82, 2.24) is 10.2 Å². The summed E-state index contributed by atoms with van der Waals surface area (Å²) in [5, 5.41) is 16.2. The second kappa shape index (κ2) is 9.46. The molecule has 1 aromatic carbocycles. The number of allylic oxidation sites excluding steroid dienone is 3. The van der Waals surface area contributed by atoms with Crippen LogP contribution in [0.3, 0.4) is 0 Å². The van der Waals surface area contributed by atoms with E-state index in [4.69, 9.17) is 4.74 Å². The summed E-state index contributed by atoms with van der Waals surface area (Å²) in [5.74, 6) is -0.445. The molecule has 1 aromatic rings. The highest BCUT2D eigenvalue weighted by Crippen LogP contribution is 2.40. The number of carbonyl (C=O) groups excluding carboxylic acids is 3. The van der Waals surface area contributed by atoms with Gasteiger partial charge in [0.05, 0.1) is 23.5 Å². The van der Waals surface area contributed by atoms with E-state index in [2.05, 4.69) is 21.7 Å². The van der Waals surface area contributed by atoms with Crippen molar-refractivity contribution >= 4 is 34.9 Å². The van der Waals surface area contributed by atoms with Crippen LogP contribution in [0, 0.1) is 5.92 Å². The Hall–Kier alpha value is -3.30. The number of aliphatic imine (C=N–C) groups is 1. The summed E-state index contributed by atoms with van der Waals surface area (Å²) in [4.78, 5) is 42.4. The van der Waals surface area contributed by atoms with Crippen LogP contribution in [0.2, 0.25) is 0 Å². The second-order valence-corrected chi connectivity index (χ2v) is 8.02. The molecule has 2 heterocycles. The van der Waals surface area contributed by atoms with Crippen LogP contribution >= 0.6 is 0 Å². The summed E-state index contributed by atoms with van der Waals surface area (Å²) in [6.07, 6.45) is 8.18. The predicted octanol–water partition coefficient (Wildman–Crippen LogP) is 1.94. The van der Waals surface area contributed by atoms with Crippen molar-refractivity contribution in [2.24, 2.45) is 10.9 Å². The lowest BCUT2D eigenvalue weighted by Gasteiger charge is -2.40. The van der Waals surface area contributed by atoms with Crippen molar-refractivity contribution in [2.75, 3.05) is 18.5 Å². The number of amides is 3. The molecule has 0 radical (unpaired) electrons. The van der Waals surface area contributed by atoms with Gasteiger partial charge >= 0.3 is 0 Å². The minimum Gasteiger partial charge on any atom is -0.371 e. The van der Waals surface area contributed by atoms with Crippen molar-refractivity contribution in [2.45, 2.75) is 38.5 Å². The van der Waals surface area contributed by atoms with Crippen molar-refractivity contribution in [3.05, 3.63) is 48.1 Å². The highest BCUT2D eigenvalue weighted by Gasteiger charge is 2.39. The monoisotopic (exact) mass is 438 g/mol. The molecule has 1 aliphatic carbocycles. The van der Waals surface area contributed by atoms with E-state index in [0.29, 0.717) is 29.4 Å². The number of imide groups is 1. The van der Waals surface area contributed by atoms with Crippen LogP contribution in [-0.4, -0.2) is 52.8 Å². The zero-order chi connectivity index (χ0) is 22.7. The van der Waals surface area contributed by atoms with Crippen LogP contribution in [0.1, 0.15) is 38.0 Å². The molecule has 2 aliphatic heterocycles. The first-order valence-electron chi connectivity index (χ1n) is 10.6. The number of hydrogen-bond donors (Lipinski definition) is 3. The topological polar surface area (TPSA) is 120 Å². The summed E-state index contributed by atoms with van der Waals surface area (Å²) < 4.78 is 5.55. The van der Waals surface area contributed by atoms with Crippen molar-refractivity contribution < 1.29 is 24.2 Å². The van der Waals surface area contributed by atoms with Gasteiger partial charge in [-0.3, -0.25) is 19.7 Å². The maximum absolute atomic E-state index is 12.5. The first kappa shape index (κ1) is 21.9. The third-order valence-corrected chi connectivity index (χ3v) is 5.72. The molecule has 0 saturated carbocycles. The number of nitrogens with one attached hydrogen (secondary N) is 2. The normalized spacial score (nSPS) is 24.6. The van der Waals surface area contributed by atoms with Gasteiger partial charge in [0.15, 0.2) is 6.23 Å². The number of hydrogen-bond acceptors (Lipinski definition) is 7. The lowest BCUT2D eigenvalue weighted by atomic mass is 9.99. The van der Waals surface area contributed by atoms with Gasteiger partial charge < -0.3 is 20.1 Å².